The number of alkyl halides is 3. The fourth-order valence-corrected chi connectivity index (χ4v) is 3.25. The van der Waals surface area contributed by atoms with Crippen LogP contribution in [0.1, 0.15) is 41.4 Å². The molecule has 7 nitrogen and oxygen atoms in total. The van der Waals surface area contributed by atoms with E-state index in [1.54, 1.807) is 19.9 Å². The summed E-state index contributed by atoms with van der Waals surface area (Å²) < 4.78 is 52.3. The molecule has 31 heavy (non-hydrogen) atoms. The molecule has 1 aliphatic heterocycles. The number of carbonyl (C=O) groups excluding carboxylic acids is 2. The highest BCUT2D eigenvalue weighted by atomic mass is 19.4. The van der Waals surface area contributed by atoms with Gasteiger partial charge < -0.3 is 15.5 Å². The smallest absolute Gasteiger partial charge is 0.352 e. The molecule has 3 heterocycles. The molecule has 2 aromatic rings. The largest absolute Gasteiger partial charge is 0.417 e. The van der Waals surface area contributed by atoms with Crippen molar-refractivity contribution in [1.82, 2.24) is 15.3 Å². The topological polar surface area (TPSA) is 87.2 Å². The predicted octanol–water partition coefficient (Wildman–Crippen LogP) is 3.30. The molecule has 11 heteroatoms. The maximum Gasteiger partial charge on any atom is 0.417 e. The normalized spacial score (nSPS) is 16.3. The van der Waals surface area contributed by atoms with Crippen LogP contribution in [-0.4, -0.2) is 40.9 Å². The third-order valence-electron chi connectivity index (χ3n) is 4.78. The second-order valence-corrected chi connectivity index (χ2v) is 7.22. The Labute approximate surface area is 175 Å². The summed E-state index contributed by atoms with van der Waals surface area (Å²) in [6, 6.07) is 3.10. The van der Waals surface area contributed by atoms with Crippen molar-refractivity contribution in [2.24, 2.45) is 0 Å². The number of rotatable bonds is 5. The molecule has 0 spiro atoms. The average molecular weight is 439 g/mol. The van der Waals surface area contributed by atoms with Crippen molar-refractivity contribution in [2.75, 3.05) is 23.3 Å². The first-order valence-corrected chi connectivity index (χ1v) is 9.64. The quantitative estimate of drug-likeness (QED) is 0.699. The molecule has 0 aromatic carbocycles. The van der Waals surface area contributed by atoms with Gasteiger partial charge in [0.1, 0.15) is 5.82 Å². The third-order valence-corrected chi connectivity index (χ3v) is 4.78. The second-order valence-electron chi connectivity index (χ2n) is 7.22. The van der Waals surface area contributed by atoms with Gasteiger partial charge in [0, 0.05) is 43.0 Å². The first kappa shape index (κ1) is 22.4. The van der Waals surface area contributed by atoms with Crippen molar-refractivity contribution in [3.05, 3.63) is 47.0 Å². The van der Waals surface area contributed by atoms with E-state index in [4.69, 9.17) is 0 Å². The number of aromatic nitrogens is 2. The number of pyridine rings is 2. The van der Waals surface area contributed by atoms with E-state index in [0.717, 1.165) is 0 Å². The molecular formula is C20H21F4N5O2. The molecule has 2 aromatic heterocycles. The van der Waals surface area contributed by atoms with E-state index >= 15 is 0 Å². The molecule has 1 atom stereocenters. The van der Waals surface area contributed by atoms with Gasteiger partial charge in [0.2, 0.25) is 5.91 Å². The average Bonchev–Trinajstić information content (AvgIpc) is 3.14. The van der Waals surface area contributed by atoms with Gasteiger partial charge in [-0.2, -0.15) is 13.2 Å². The molecule has 1 aliphatic rings. The SMILES string of the molecule is CCC(=O)Nc1cc(C(=O)N[C@@H]2CCN(c3ncc(C(F)(F)F)cc3F)C2)cc(C)n1. The first-order chi connectivity index (χ1) is 14.6. The number of aryl methyl sites for hydroxylation is 1. The maximum atomic E-state index is 14.2. The number of nitrogens with zero attached hydrogens (tertiary/aromatic N) is 3. The standard InChI is InChI=1S/C20H21F4N5O2/c1-3-17(30)28-16-7-12(6-11(2)26-16)19(31)27-14-4-5-29(10-14)18-15(21)8-13(9-25-18)20(22,23)24/h6-9,14H,3-5,10H2,1-2H3,(H,27,31)(H,26,28,30)/t14-/m1/s1. The Hall–Kier alpha value is -3.24. The third kappa shape index (κ3) is 5.47. The van der Waals surface area contributed by atoms with E-state index in [1.807, 2.05) is 0 Å². The summed E-state index contributed by atoms with van der Waals surface area (Å²) in [4.78, 5) is 33.5. The van der Waals surface area contributed by atoms with Gasteiger partial charge in [0.15, 0.2) is 11.6 Å². The molecule has 0 aliphatic carbocycles. The lowest BCUT2D eigenvalue weighted by Gasteiger charge is -2.19. The molecule has 0 bridgehead atoms. The number of nitrogens with one attached hydrogen (secondary N) is 2. The monoisotopic (exact) mass is 439 g/mol. The van der Waals surface area contributed by atoms with Crippen LogP contribution in [0.2, 0.25) is 0 Å². The summed E-state index contributed by atoms with van der Waals surface area (Å²) in [5.74, 6) is -1.62. The Bertz CT molecular complexity index is 996. The fraction of sp³-hybridized carbons (Fsp3) is 0.400. The zero-order valence-corrected chi connectivity index (χ0v) is 16.9. The van der Waals surface area contributed by atoms with Gasteiger partial charge in [-0.3, -0.25) is 9.59 Å². The van der Waals surface area contributed by atoms with Gasteiger partial charge in [-0.25, -0.2) is 14.4 Å². The summed E-state index contributed by atoms with van der Waals surface area (Å²) in [5.41, 5.74) is -0.309. The van der Waals surface area contributed by atoms with E-state index in [-0.39, 0.29) is 36.6 Å². The Morgan fingerprint density at radius 2 is 2.00 bits per heavy atom. The first-order valence-electron chi connectivity index (χ1n) is 9.64. The fourth-order valence-electron chi connectivity index (χ4n) is 3.25. The molecule has 0 saturated carbocycles. The van der Waals surface area contributed by atoms with E-state index < -0.39 is 23.5 Å². The van der Waals surface area contributed by atoms with Crippen molar-refractivity contribution in [3.8, 4) is 0 Å². The van der Waals surface area contributed by atoms with Crippen LogP contribution in [0.15, 0.2) is 24.4 Å². The van der Waals surface area contributed by atoms with Crippen molar-refractivity contribution < 1.29 is 27.2 Å². The molecule has 0 unspecified atom stereocenters. The molecule has 166 valence electrons. The molecular weight excluding hydrogens is 418 g/mol. The minimum atomic E-state index is -4.67. The van der Waals surface area contributed by atoms with E-state index in [9.17, 15) is 27.2 Å². The highest BCUT2D eigenvalue weighted by Gasteiger charge is 2.33. The zero-order valence-electron chi connectivity index (χ0n) is 16.9. The van der Waals surface area contributed by atoms with Gasteiger partial charge in [-0.1, -0.05) is 6.92 Å². The van der Waals surface area contributed by atoms with Crippen LogP contribution in [0.3, 0.4) is 0 Å². The van der Waals surface area contributed by atoms with E-state index in [2.05, 4.69) is 20.6 Å². The highest BCUT2D eigenvalue weighted by Crippen LogP contribution is 2.31. The van der Waals surface area contributed by atoms with Crippen LogP contribution in [0.5, 0.6) is 0 Å². The minimum Gasteiger partial charge on any atom is -0.352 e. The lowest BCUT2D eigenvalue weighted by molar-refractivity contribution is -0.138. The Kier molecular flexibility index (Phi) is 6.42. The number of amides is 2. The molecule has 3 rings (SSSR count). The van der Waals surface area contributed by atoms with Gasteiger partial charge in [0.05, 0.1) is 5.56 Å². The number of carbonyl (C=O) groups is 2. The molecule has 1 saturated heterocycles. The summed E-state index contributed by atoms with van der Waals surface area (Å²) in [5, 5.41) is 5.42. The summed E-state index contributed by atoms with van der Waals surface area (Å²) in [6.07, 6.45) is -3.34. The van der Waals surface area contributed by atoms with Crippen LogP contribution < -0.4 is 15.5 Å². The number of hydrogen-bond acceptors (Lipinski definition) is 5. The van der Waals surface area contributed by atoms with Gasteiger partial charge in [-0.15, -0.1) is 0 Å². The van der Waals surface area contributed by atoms with Crippen LogP contribution >= 0.6 is 0 Å². The van der Waals surface area contributed by atoms with Crippen LogP contribution in [0.4, 0.5) is 29.2 Å². The molecule has 2 amide bonds. The predicted molar refractivity (Wildman–Crippen MR) is 105 cm³/mol. The van der Waals surface area contributed by atoms with Gasteiger partial charge in [0.25, 0.3) is 5.91 Å². The van der Waals surface area contributed by atoms with Crippen LogP contribution in [0.25, 0.3) is 0 Å². The lowest BCUT2D eigenvalue weighted by atomic mass is 10.2. The Morgan fingerprint density at radius 1 is 1.26 bits per heavy atom. The number of halogens is 4. The van der Waals surface area contributed by atoms with Crippen LogP contribution in [-0.2, 0) is 11.0 Å². The lowest BCUT2D eigenvalue weighted by Crippen LogP contribution is -2.37. The summed E-state index contributed by atoms with van der Waals surface area (Å²) >= 11 is 0. The maximum absolute atomic E-state index is 14.2. The summed E-state index contributed by atoms with van der Waals surface area (Å²) in [6.45, 7) is 3.91. The minimum absolute atomic E-state index is 0.186. The molecule has 0 radical (unpaired) electrons. The van der Waals surface area contributed by atoms with Gasteiger partial charge >= 0.3 is 6.18 Å². The van der Waals surface area contributed by atoms with E-state index in [0.29, 0.717) is 36.5 Å². The van der Waals surface area contributed by atoms with Crippen molar-refractivity contribution in [2.45, 2.75) is 38.9 Å². The van der Waals surface area contributed by atoms with E-state index in [1.165, 1.54) is 11.0 Å². The van der Waals surface area contributed by atoms with Gasteiger partial charge in [-0.05, 0) is 31.5 Å². The summed E-state index contributed by atoms with van der Waals surface area (Å²) in [7, 11) is 0. The number of anilines is 2. The Balaban J connectivity index is 1.66. The second kappa shape index (κ2) is 8.86. The molecule has 2 N–H and O–H groups in total. The number of hydrogen-bond donors (Lipinski definition) is 2. The van der Waals surface area contributed by atoms with Crippen LogP contribution in [0, 0.1) is 12.7 Å². The highest BCUT2D eigenvalue weighted by molar-refractivity contribution is 5.96. The Morgan fingerprint density at radius 3 is 2.65 bits per heavy atom. The van der Waals surface area contributed by atoms with Crippen molar-refractivity contribution in [1.29, 1.82) is 0 Å². The van der Waals surface area contributed by atoms with Crippen molar-refractivity contribution in [3.63, 3.8) is 0 Å². The molecule has 1 fully saturated rings. The van der Waals surface area contributed by atoms with Crippen molar-refractivity contribution >= 4 is 23.5 Å². The zero-order chi connectivity index (χ0) is 22.8.